The molecule has 1 heteroatoms. The van der Waals surface area contributed by atoms with Crippen LogP contribution in [0, 0.1) is 0 Å². The summed E-state index contributed by atoms with van der Waals surface area (Å²) in [6.07, 6.45) is 11.8. The van der Waals surface area contributed by atoms with Gasteiger partial charge in [0.2, 0.25) is 0 Å². The SMILES string of the molecule is C=CC(/C=C\CC)=C(N)\C=C/CC.CC. The molecule has 0 saturated carbocycles. The van der Waals surface area contributed by atoms with Crippen LogP contribution in [0.4, 0.5) is 0 Å². The molecule has 0 bridgehead atoms. The van der Waals surface area contributed by atoms with Crippen LogP contribution in [0.1, 0.15) is 40.5 Å². The maximum Gasteiger partial charge on any atom is 0.0384 e. The Morgan fingerprint density at radius 1 is 1.07 bits per heavy atom. The second-order valence-corrected chi connectivity index (χ2v) is 2.74. The summed E-state index contributed by atoms with van der Waals surface area (Å²) in [5.74, 6) is 0. The van der Waals surface area contributed by atoms with Crippen LogP contribution in [0.5, 0.6) is 0 Å². The van der Waals surface area contributed by atoms with Crippen LogP contribution in [-0.2, 0) is 0 Å². The van der Waals surface area contributed by atoms with Crippen LogP contribution < -0.4 is 5.73 Å². The van der Waals surface area contributed by atoms with E-state index in [0.717, 1.165) is 24.1 Å². The van der Waals surface area contributed by atoms with Gasteiger partial charge in [-0.3, -0.25) is 0 Å². The van der Waals surface area contributed by atoms with Gasteiger partial charge in [0.15, 0.2) is 0 Å². The van der Waals surface area contributed by atoms with Crippen LogP contribution in [0.2, 0.25) is 0 Å². The third-order valence-electron chi connectivity index (χ3n) is 1.62. The smallest absolute Gasteiger partial charge is 0.0384 e. The molecule has 0 unspecified atom stereocenters. The van der Waals surface area contributed by atoms with E-state index in [1.807, 2.05) is 32.1 Å². The minimum atomic E-state index is 0.779. The number of nitrogens with two attached hydrogens (primary N) is 1. The molecule has 0 aliphatic rings. The standard InChI is InChI=1S/C12H19N.C2H6/c1-4-7-9-11(6-3)12(13)10-8-5-2;1-2/h6-10H,3-5,13H2,1-2H3;1-2H3/b9-7-,10-8-,12-11-;. The molecular weight excluding hydrogens is 182 g/mol. The maximum atomic E-state index is 5.83. The first kappa shape index (κ1) is 16.2. The fraction of sp³-hybridized carbons (Fsp3) is 0.429. The fourth-order valence-corrected chi connectivity index (χ4v) is 0.868. The summed E-state index contributed by atoms with van der Waals surface area (Å²) in [6, 6.07) is 0. The molecule has 0 aromatic carbocycles. The summed E-state index contributed by atoms with van der Waals surface area (Å²) in [5.41, 5.74) is 7.60. The molecule has 15 heavy (non-hydrogen) atoms. The molecule has 0 rings (SSSR count). The average Bonchev–Trinajstić information content (AvgIpc) is 2.30. The lowest BCUT2D eigenvalue weighted by Gasteiger charge is -1.97. The van der Waals surface area contributed by atoms with Crippen molar-refractivity contribution >= 4 is 0 Å². The van der Waals surface area contributed by atoms with Gasteiger partial charge < -0.3 is 5.73 Å². The van der Waals surface area contributed by atoms with Gasteiger partial charge in [0.1, 0.15) is 0 Å². The molecule has 0 aliphatic heterocycles. The molecule has 86 valence electrons. The summed E-state index contributed by atoms with van der Waals surface area (Å²) in [7, 11) is 0. The predicted octanol–water partition coefficient (Wildman–Crippen LogP) is 4.34. The summed E-state index contributed by atoms with van der Waals surface area (Å²) in [6.45, 7) is 11.9. The van der Waals surface area contributed by atoms with Gasteiger partial charge in [0.25, 0.3) is 0 Å². The Morgan fingerprint density at radius 2 is 1.53 bits per heavy atom. The Kier molecular flexibility index (Phi) is 13.8. The van der Waals surface area contributed by atoms with Crippen LogP contribution in [0.25, 0.3) is 0 Å². The molecule has 0 aromatic rings. The molecule has 0 aliphatic carbocycles. The number of hydrogen-bond acceptors (Lipinski definition) is 1. The van der Waals surface area contributed by atoms with Crippen LogP contribution in [0.3, 0.4) is 0 Å². The van der Waals surface area contributed by atoms with Crippen molar-refractivity contribution in [2.45, 2.75) is 40.5 Å². The lowest BCUT2D eigenvalue weighted by Crippen LogP contribution is -1.96. The normalized spacial score (nSPS) is 12.3. The van der Waals surface area contributed by atoms with Gasteiger partial charge in [-0.1, -0.05) is 58.6 Å². The van der Waals surface area contributed by atoms with Gasteiger partial charge in [0.05, 0.1) is 0 Å². The summed E-state index contributed by atoms with van der Waals surface area (Å²) >= 11 is 0. The summed E-state index contributed by atoms with van der Waals surface area (Å²) in [4.78, 5) is 0. The van der Waals surface area contributed by atoms with Gasteiger partial charge in [-0.2, -0.15) is 0 Å². The molecule has 0 amide bonds. The van der Waals surface area contributed by atoms with Gasteiger partial charge in [-0.05, 0) is 24.5 Å². The summed E-state index contributed by atoms with van der Waals surface area (Å²) in [5, 5.41) is 0. The molecule has 0 fully saturated rings. The average molecular weight is 207 g/mol. The Labute approximate surface area is 95.1 Å². The topological polar surface area (TPSA) is 26.0 Å². The zero-order valence-electron chi connectivity index (χ0n) is 10.6. The van der Waals surface area contributed by atoms with Crippen LogP contribution in [-0.4, -0.2) is 0 Å². The lowest BCUT2D eigenvalue weighted by atomic mass is 10.1. The number of allylic oxidation sites excluding steroid dienone is 6. The van der Waals surface area contributed by atoms with Crippen LogP contribution in [0.15, 0.2) is 48.2 Å². The van der Waals surface area contributed by atoms with E-state index in [-0.39, 0.29) is 0 Å². The van der Waals surface area contributed by atoms with Crippen molar-refractivity contribution in [3.8, 4) is 0 Å². The van der Waals surface area contributed by atoms with Crippen molar-refractivity contribution in [2.75, 3.05) is 0 Å². The quantitative estimate of drug-likeness (QED) is 0.667. The van der Waals surface area contributed by atoms with Crippen molar-refractivity contribution in [3.63, 3.8) is 0 Å². The van der Waals surface area contributed by atoms with Gasteiger partial charge in [0, 0.05) is 5.70 Å². The highest BCUT2D eigenvalue weighted by atomic mass is 14.6. The van der Waals surface area contributed by atoms with E-state index in [2.05, 4.69) is 26.5 Å². The first-order chi connectivity index (χ1) is 7.26. The second-order valence-electron chi connectivity index (χ2n) is 2.74. The molecule has 0 heterocycles. The Hall–Kier alpha value is -1.24. The van der Waals surface area contributed by atoms with Crippen LogP contribution >= 0.6 is 0 Å². The molecule has 2 N–H and O–H groups in total. The van der Waals surface area contributed by atoms with E-state index < -0.39 is 0 Å². The van der Waals surface area contributed by atoms with Gasteiger partial charge in [-0.15, -0.1) is 0 Å². The van der Waals surface area contributed by atoms with E-state index in [4.69, 9.17) is 5.73 Å². The predicted molar refractivity (Wildman–Crippen MR) is 71.6 cm³/mol. The lowest BCUT2D eigenvalue weighted by molar-refractivity contribution is 1.20. The first-order valence-corrected chi connectivity index (χ1v) is 5.71. The molecule has 0 radical (unpaired) electrons. The van der Waals surface area contributed by atoms with Gasteiger partial charge >= 0.3 is 0 Å². The van der Waals surface area contributed by atoms with E-state index in [9.17, 15) is 0 Å². The monoisotopic (exact) mass is 207 g/mol. The third kappa shape index (κ3) is 9.07. The zero-order valence-corrected chi connectivity index (χ0v) is 10.6. The van der Waals surface area contributed by atoms with Crippen molar-refractivity contribution in [1.82, 2.24) is 0 Å². The van der Waals surface area contributed by atoms with E-state index in [1.165, 1.54) is 0 Å². The van der Waals surface area contributed by atoms with E-state index >= 15 is 0 Å². The minimum absolute atomic E-state index is 0.779. The highest BCUT2D eigenvalue weighted by Crippen LogP contribution is 2.05. The highest BCUT2D eigenvalue weighted by molar-refractivity contribution is 5.38. The van der Waals surface area contributed by atoms with Crippen molar-refractivity contribution in [3.05, 3.63) is 48.2 Å². The van der Waals surface area contributed by atoms with E-state index in [0.29, 0.717) is 0 Å². The Morgan fingerprint density at radius 3 is 1.93 bits per heavy atom. The first-order valence-electron chi connectivity index (χ1n) is 5.71. The fourth-order valence-electron chi connectivity index (χ4n) is 0.868. The largest absolute Gasteiger partial charge is 0.398 e. The van der Waals surface area contributed by atoms with Crippen molar-refractivity contribution < 1.29 is 0 Å². The van der Waals surface area contributed by atoms with Crippen molar-refractivity contribution in [2.24, 2.45) is 5.73 Å². The second kappa shape index (κ2) is 12.8. The summed E-state index contributed by atoms with van der Waals surface area (Å²) < 4.78 is 0. The minimum Gasteiger partial charge on any atom is -0.398 e. The Bertz CT molecular complexity index is 232. The van der Waals surface area contributed by atoms with Gasteiger partial charge in [-0.25, -0.2) is 0 Å². The van der Waals surface area contributed by atoms with Crippen molar-refractivity contribution in [1.29, 1.82) is 0 Å². The molecule has 0 spiro atoms. The third-order valence-corrected chi connectivity index (χ3v) is 1.62. The maximum absolute atomic E-state index is 5.83. The molecule has 0 aromatic heterocycles. The molecule has 0 atom stereocenters. The van der Waals surface area contributed by atoms with E-state index in [1.54, 1.807) is 6.08 Å². The number of hydrogen-bond donors (Lipinski definition) is 1. The zero-order chi connectivity index (χ0) is 12.1. The highest BCUT2D eigenvalue weighted by Gasteiger charge is 1.89. The molecular formula is C14H25N. The molecule has 0 saturated heterocycles. The Balaban J connectivity index is 0. The molecule has 1 nitrogen and oxygen atoms in total. The number of rotatable bonds is 5.